The molecule has 29 heavy (non-hydrogen) atoms. The first-order chi connectivity index (χ1) is 14.2. The van der Waals surface area contributed by atoms with Gasteiger partial charge in [-0.05, 0) is 36.6 Å². The van der Waals surface area contributed by atoms with E-state index in [1.807, 2.05) is 41.8 Å². The highest BCUT2D eigenvalue weighted by atomic mass is 32.1. The fourth-order valence-corrected chi connectivity index (χ4v) is 3.98. The molecule has 1 aliphatic heterocycles. The van der Waals surface area contributed by atoms with Gasteiger partial charge in [0.25, 0.3) is 11.6 Å². The number of hydrogen-bond donors (Lipinski definition) is 1. The highest BCUT2D eigenvalue weighted by Crippen LogP contribution is 2.31. The highest BCUT2D eigenvalue weighted by Gasteiger charge is 2.23. The molecular formula is C21H17N3O4S. The number of nitrogens with one attached hydrogen (secondary N) is 1. The van der Waals surface area contributed by atoms with Crippen molar-refractivity contribution in [3.05, 3.63) is 59.1 Å². The molecule has 0 radical (unpaired) electrons. The van der Waals surface area contributed by atoms with Crippen LogP contribution in [0.4, 0.5) is 0 Å². The van der Waals surface area contributed by atoms with Gasteiger partial charge in [0.05, 0.1) is 33.8 Å². The molecule has 1 amide bonds. The Kier molecular flexibility index (Phi) is 4.40. The van der Waals surface area contributed by atoms with E-state index in [2.05, 4.69) is 15.5 Å². The smallest absolute Gasteiger partial charge is 0.259 e. The molecule has 0 fully saturated rings. The molecule has 4 aromatic rings. The van der Waals surface area contributed by atoms with Gasteiger partial charge >= 0.3 is 0 Å². The topological polar surface area (TPSA) is 86.5 Å². The van der Waals surface area contributed by atoms with Crippen molar-refractivity contribution < 1.29 is 18.8 Å². The fraction of sp³-hybridized carbons (Fsp3) is 0.190. The summed E-state index contributed by atoms with van der Waals surface area (Å²) in [6, 6.07) is 13.2. The average Bonchev–Trinajstić information content (AvgIpc) is 3.42. The van der Waals surface area contributed by atoms with Crippen LogP contribution in [0, 0.1) is 6.92 Å². The van der Waals surface area contributed by atoms with Crippen LogP contribution in [0.2, 0.25) is 0 Å². The number of para-hydroxylation sites is 2. The van der Waals surface area contributed by atoms with Crippen molar-refractivity contribution in [3.8, 4) is 22.1 Å². The standard InChI is InChI=1S/C21H17N3O4S/c1-12-19-14(9-15(18-7-4-8-29-18)23-21(19)28-24-12)20(25)22-10-13-11-26-16-5-2-3-6-17(16)27-13/h2-9,13H,10-11H2,1H3,(H,22,25)/t13-/m0/s1. The Morgan fingerprint density at radius 1 is 1.24 bits per heavy atom. The van der Waals surface area contributed by atoms with Crippen LogP contribution in [0.5, 0.6) is 11.5 Å². The van der Waals surface area contributed by atoms with Crippen LogP contribution in [0.1, 0.15) is 16.1 Å². The number of aryl methyl sites for hydroxylation is 1. The molecule has 0 aliphatic carbocycles. The van der Waals surface area contributed by atoms with E-state index >= 15 is 0 Å². The number of benzene rings is 1. The SMILES string of the molecule is Cc1noc2nc(-c3cccs3)cc(C(=O)NC[C@H]3COc4ccccc4O3)c12. The Morgan fingerprint density at radius 3 is 2.93 bits per heavy atom. The number of rotatable bonds is 4. The van der Waals surface area contributed by atoms with E-state index in [9.17, 15) is 4.79 Å². The zero-order valence-electron chi connectivity index (χ0n) is 15.5. The summed E-state index contributed by atoms with van der Waals surface area (Å²) in [4.78, 5) is 18.5. The van der Waals surface area contributed by atoms with E-state index < -0.39 is 0 Å². The van der Waals surface area contributed by atoms with E-state index in [1.165, 1.54) is 0 Å². The molecule has 1 N–H and O–H groups in total. The minimum atomic E-state index is -0.272. The summed E-state index contributed by atoms with van der Waals surface area (Å²) in [5.74, 6) is 1.16. The molecular weight excluding hydrogens is 390 g/mol. The molecule has 1 atom stereocenters. The predicted molar refractivity (Wildman–Crippen MR) is 109 cm³/mol. The lowest BCUT2D eigenvalue weighted by Crippen LogP contribution is -2.40. The van der Waals surface area contributed by atoms with Crippen LogP contribution in [0.15, 0.2) is 52.4 Å². The molecule has 0 spiro atoms. The van der Waals surface area contributed by atoms with Crippen molar-refractivity contribution in [2.24, 2.45) is 0 Å². The van der Waals surface area contributed by atoms with Crippen LogP contribution < -0.4 is 14.8 Å². The Bertz CT molecular complexity index is 1190. The third kappa shape index (κ3) is 3.31. The maximum atomic E-state index is 13.0. The molecule has 0 saturated carbocycles. The summed E-state index contributed by atoms with van der Waals surface area (Å²) in [5, 5.41) is 9.50. The molecule has 3 aromatic heterocycles. The van der Waals surface area contributed by atoms with Crippen molar-refractivity contribution >= 4 is 28.3 Å². The number of ether oxygens (including phenoxy) is 2. The van der Waals surface area contributed by atoms with Crippen molar-refractivity contribution in [2.45, 2.75) is 13.0 Å². The number of pyridine rings is 1. The van der Waals surface area contributed by atoms with Crippen LogP contribution >= 0.6 is 11.3 Å². The number of amides is 1. The third-order valence-corrected chi connectivity index (χ3v) is 5.59. The lowest BCUT2D eigenvalue weighted by molar-refractivity contribution is 0.0790. The molecule has 0 bridgehead atoms. The summed E-state index contributed by atoms with van der Waals surface area (Å²) in [6.07, 6.45) is -0.272. The minimum absolute atomic E-state index is 0.232. The summed E-state index contributed by atoms with van der Waals surface area (Å²) in [7, 11) is 0. The average molecular weight is 407 g/mol. The Balaban J connectivity index is 1.39. The number of nitrogens with zero attached hydrogens (tertiary/aromatic N) is 2. The summed E-state index contributed by atoms with van der Waals surface area (Å²) in [5.41, 5.74) is 2.14. The third-order valence-electron chi connectivity index (χ3n) is 4.69. The first-order valence-electron chi connectivity index (χ1n) is 9.16. The zero-order valence-corrected chi connectivity index (χ0v) is 16.4. The molecule has 0 unspecified atom stereocenters. The molecule has 5 rings (SSSR count). The van der Waals surface area contributed by atoms with E-state index in [-0.39, 0.29) is 12.0 Å². The van der Waals surface area contributed by atoms with Gasteiger partial charge in [0.1, 0.15) is 12.7 Å². The lowest BCUT2D eigenvalue weighted by Gasteiger charge is -2.26. The molecule has 146 valence electrons. The first kappa shape index (κ1) is 17.7. The predicted octanol–water partition coefficient (Wildman–Crippen LogP) is 3.83. The van der Waals surface area contributed by atoms with Crippen LogP contribution in [0.3, 0.4) is 0 Å². The number of carbonyl (C=O) groups excluding carboxylic acids is 1. The van der Waals surface area contributed by atoms with Crippen molar-refractivity contribution in [1.29, 1.82) is 0 Å². The second-order valence-electron chi connectivity index (χ2n) is 6.69. The Labute approximate surface area is 170 Å². The van der Waals surface area contributed by atoms with Gasteiger partial charge < -0.3 is 19.3 Å². The molecule has 8 heteroatoms. The Morgan fingerprint density at radius 2 is 2.10 bits per heavy atom. The maximum absolute atomic E-state index is 13.0. The monoisotopic (exact) mass is 407 g/mol. The molecule has 7 nitrogen and oxygen atoms in total. The van der Waals surface area contributed by atoms with Crippen LogP contribution in [0.25, 0.3) is 21.7 Å². The van der Waals surface area contributed by atoms with Gasteiger partial charge in [0, 0.05) is 0 Å². The Hall–Kier alpha value is -3.39. The van der Waals surface area contributed by atoms with Crippen molar-refractivity contribution in [3.63, 3.8) is 0 Å². The molecule has 1 aliphatic rings. The summed E-state index contributed by atoms with van der Waals surface area (Å²) < 4.78 is 17.0. The highest BCUT2D eigenvalue weighted by molar-refractivity contribution is 7.13. The quantitative estimate of drug-likeness (QED) is 0.553. The molecule has 4 heterocycles. The van der Waals surface area contributed by atoms with E-state index in [1.54, 1.807) is 24.3 Å². The lowest BCUT2D eigenvalue weighted by atomic mass is 10.1. The number of thiophene rings is 1. The fourth-order valence-electron chi connectivity index (χ4n) is 3.29. The second-order valence-corrected chi connectivity index (χ2v) is 7.64. The van der Waals surface area contributed by atoms with Gasteiger partial charge in [-0.3, -0.25) is 4.79 Å². The second kappa shape index (κ2) is 7.21. The number of fused-ring (bicyclic) bond motifs is 2. The van der Waals surface area contributed by atoms with E-state index in [0.29, 0.717) is 52.7 Å². The van der Waals surface area contributed by atoms with Crippen molar-refractivity contribution in [1.82, 2.24) is 15.5 Å². The number of aromatic nitrogens is 2. The van der Waals surface area contributed by atoms with Crippen LogP contribution in [-0.4, -0.2) is 35.3 Å². The number of hydrogen-bond acceptors (Lipinski definition) is 7. The van der Waals surface area contributed by atoms with Gasteiger partial charge in [-0.15, -0.1) is 11.3 Å². The molecule has 1 aromatic carbocycles. The largest absolute Gasteiger partial charge is 0.486 e. The van der Waals surface area contributed by atoms with E-state index in [4.69, 9.17) is 14.0 Å². The molecule has 0 saturated heterocycles. The van der Waals surface area contributed by atoms with Gasteiger partial charge in [-0.2, -0.15) is 0 Å². The zero-order chi connectivity index (χ0) is 19.8. The van der Waals surface area contributed by atoms with Crippen LogP contribution in [-0.2, 0) is 0 Å². The van der Waals surface area contributed by atoms with Gasteiger partial charge in [0.15, 0.2) is 11.5 Å². The van der Waals surface area contributed by atoms with Gasteiger partial charge in [-0.1, -0.05) is 23.4 Å². The van der Waals surface area contributed by atoms with E-state index in [0.717, 1.165) is 4.88 Å². The number of carbonyl (C=O) groups is 1. The van der Waals surface area contributed by atoms with Gasteiger partial charge in [0.2, 0.25) is 0 Å². The normalized spacial score (nSPS) is 15.4. The maximum Gasteiger partial charge on any atom is 0.259 e. The minimum Gasteiger partial charge on any atom is -0.486 e. The summed E-state index contributed by atoms with van der Waals surface area (Å²) in [6.45, 7) is 2.48. The summed E-state index contributed by atoms with van der Waals surface area (Å²) >= 11 is 1.55. The first-order valence-corrected chi connectivity index (χ1v) is 10.0. The van der Waals surface area contributed by atoms with Crippen molar-refractivity contribution in [2.75, 3.05) is 13.2 Å². The van der Waals surface area contributed by atoms with Gasteiger partial charge in [-0.25, -0.2) is 4.98 Å².